The van der Waals surface area contributed by atoms with Gasteiger partial charge in [-0.1, -0.05) is 48.2 Å². The fourth-order valence-corrected chi connectivity index (χ4v) is 3.45. The third-order valence-electron chi connectivity index (χ3n) is 3.70. The molecule has 0 saturated carbocycles. The van der Waals surface area contributed by atoms with Crippen LogP contribution in [0.4, 0.5) is 18.9 Å². The van der Waals surface area contributed by atoms with Crippen molar-refractivity contribution in [2.24, 2.45) is 0 Å². The van der Waals surface area contributed by atoms with Gasteiger partial charge in [0, 0.05) is 0 Å². The van der Waals surface area contributed by atoms with Gasteiger partial charge in [0.25, 0.3) is 11.8 Å². The summed E-state index contributed by atoms with van der Waals surface area (Å²) in [5.74, 6) is -0.637. The summed E-state index contributed by atoms with van der Waals surface area (Å²) in [5, 5.41) is 4.72. The molecule has 2 aromatic carbocycles. The largest absolute Gasteiger partial charge is 0.484 e. The number of amides is 2. The molecule has 0 aromatic heterocycles. The summed E-state index contributed by atoms with van der Waals surface area (Å²) in [6.45, 7) is -0.459. The quantitative estimate of drug-likeness (QED) is 0.541. The molecule has 1 saturated heterocycles. The Morgan fingerprint density at radius 1 is 1.17 bits per heavy atom. The Kier molecular flexibility index (Phi) is 6.23. The van der Waals surface area contributed by atoms with E-state index in [-0.39, 0.29) is 11.6 Å². The molecular weight excluding hydrogens is 425 g/mol. The average Bonchev–Trinajstić information content (AvgIpc) is 2.97. The zero-order valence-electron chi connectivity index (χ0n) is 14.6. The van der Waals surface area contributed by atoms with Gasteiger partial charge >= 0.3 is 6.18 Å². The molecule has 1 aliphatic rings. The highest BCUT2D eigenvalue weighted by molar-refractivity contribution is 8.26. The summed E-state index contributed by atoms with van der Waals surface area (Å²) < 4.78 is 44.6. The molecule has 10 heteroatoms. The number of carbonyl (C=O) groups is 2. The van der Waals surface area contributed by atoms with E-state index in [4.69, 9.17) is 17.0 Å². The molecule has 0 radical (unpaired) electrons. The van der Waals surface area contributed by atoms with Crippen molar-refractivity contribution < 1.29 is 27.5 Å². The molecule has 0 unspecified atom stereocenters. The number of alkyl halides is 3. The number of halogens is 3. The fraction of sp³-hybridized carbons (Fsp3) is 0.105. The molecule has 0 spiro atoms. The summed E-state index contributed by atoms with van der Waals surface area (Å²) in [5.41, 5.74) is -0.539. The smallest absolute Gasteiger partial charge is 0.418 e. The van der Waals surface area contributed by atoms with Crippen LogP contribution in [0.2, 0.25) is 0 Å². The molecule has 150 valence electrons. The number of para-hydroxylation sites is 1. The maximum atomic E-state index is 13.0. The Bertz CT molecular complexity index is 989. The molecule has 29 heavy (non-hydrogen) atoms. The van der Waals surface area contributed by atoms with Gasteiger partial charge < -0.3 is 15.4 Å². The second-order valence-electron chi connectivity index (χ2n) is 5.80. The number of nitrogens with one attached hydrogen (secondary N) is 2. The Labute approximate surface area is 173 Å². The third kappa shape index (κ3) is 5.58. The summed E-state index contributed by atoms with van der Waals surface area (Å²) >= 11 is 6.07. The van der Waals surface area contributed by atoms with Gasteiger partial charge in [0.2, 0.25) is 0 Å². The molecule has 1 heterocycles. The lowest BCUT2D eigenvalue weighted by molar-refractivity contribution is -0.137. The van der Waals surface area contributed by atoms with E-state index in [9.17, 15) is 22.8 Å². The van der Waals surface area contributed by atoms with Gasteiger partial charge in [-0.05, 0) is 35.9 Å². The molecule has 0 bridgehead atoms. The minimum Gasteiger partial charge on any atom is -0.484 e. The zero-order chi connectivity index (χ0) is 21.0. The van der Waals surface area contributed by atoms with Crippen LogP contribution in [0.5, 0.6) is 5.75 Å². The molecule has 3 rings (SSSR count). The van der Waals surface area contributed by atoms with Gasteiger partial charge in [0.1, 0.15) is 10.1 Å². The molecule has 0 atom stereocenters. The predicted octanol–water partition coefficient (Wildman–Crippen LogP) is 4.21. The van der Waals surface area contributed by atoms with Crippen molar-refractivity contribution in [2.75, 3.05) is 11.9 Å². The Hall–Kier alpha value is -2.85. The van der Waals surface area contributed by atoms with E-state index >= 15 is 0 Å². The Balaban J connectivity index is 1.58. The van der Waals surface area contributed by atoms with Crippen LogP contribution in [0.15, 0.2) is 53.4 Å². The summed E-state index contributed by atoms with van der Waals surface area (Å²) in [6, 6.07) is 11.2. The second kappa shape index (κ2) is 8.66. The van der Waals surface area contributed by atoms with Crippen LogP contribution < -0.4 is 15.4 Å². The Morgan fingerprint density at radius 3 is 2.48 bits per heavy atom. The summed E-state index contributed by atoms with van der Waals surface area (Å²) in [4.78, 5) is 24.1. The van der Waals surface area contributed by atoms with Gasteiger partial charge in [-0.15, -0.1) is 0 Å². The van der Waals surface area contributed by atoms with Crippen LogP contribution in [0.1, 0.15) is 11.1 Å². The number of benzene rings is 2. The molecule has 1 aliphatic heterocycles. The van der Waals surface area contributed by atoms with Crippen molar-refractivity contribution in [1.82, 2.24) is 5.32 Å². The second-order valence-corrected chi connectivity index (χ2v) is 7.52. The monoisotopic (exact) mass is 438 g/mol. The first kappa shape index (κ1) is 20.9. The van der Waals surface area contributed by atoms with Crippen LogP contribution >= 0.6 is 24.0 Å². The standard InChI is InChI=1S/C19H13F3N2O3S2/c20-19(21,22)13-3-1-2-4-14(13)23-16(25)10-27-12-7-5-11(6-8-12)9-15-17(26)24-18(28)29-15/h1-9H,10H2,(H,23,25)(H,24,26,28)/b15-9-. The first-order chi connectivity index (χ1) is 13.7. The van der Waals surface area contributed by atoms with Crippen molar-refractivity contribution in [1.29, 1.82) is 0 Å². The maximum Gasteiger partial charge on any atom is 0.418 e. The van der Waals surface area contributed by atoms with E-state index < -0.39 is 24.3 Å². The van der Waals surface area contributed by atoms with E-state index in [1.54, 1.807) is 30.3 Å². The number of carbonyl (C=O) groups excluding carboxylic acids is 2. The maximum absolute atomic E-state index is 13.0. The summed E-state index contributed by atoms with van der Waals surface area (Å²) in [6.07, 6.45) is -2.92. The van der Waals surface area contributed by atoms with Crippen LogP contribution in [-0.2, 0) is 15.8 Å². The molecule has 0 aliphatic carbocycles. The van der Waals surface area contributed by atoms with Gasteiger partial charge in [0.15, 0.2) is 6.61 Å². The minimum absolute atomic E-state index is 0.267. The Morgan fingerprint density at radius 2 is 1.86 bits per heavy atom. The van der Waals surface area contributed by atoms with E-state index in [0.29, 0.717) is 15.0 Å². The number of ether oxygens (including phenoxy) is 1. The highest BCUT2D eigenvalue weighted by atomic mass is 32.2. The lowest BCUT2D eigenvalue weighted by Crippen LogP contribution is -2.22. The first-order valence-electron chi connectivity index (χ1n) is 8.16. The van der Waals surface area contributed by atoms with Gasteiger partial charge in [-0.3, -0.25) is 9.59 Å². The van der Waals surface area contributed by atoms with Crippen molar-refractivity contribution in [3.63, 3.8) is 0 Å². The number of thiocarbonyl (C=S) groups is 1. The van der Waals surface area contributed by atoms with Crippen molar-refractivity contribution in [2.45, 2.75) is 6.18 Å². The highest BCUT2D eigenvalue weighted by Crippen LogP contribution is 2.34. The van der Waals surface area contributed by atoms with Crippen LogP contribution in [0.25, 0.3) is 6.08 Å². The lowest BCUT2D eigenvalue weighted by Gasteiger charge is -2.13. The number of hydrogen-bond donors (Lipinski definition) is 2. The lowest BCUT2D eigenvalue weighted by atomic mass is 10.1. The molecular formula is C19H13F3N2O3S2. The number of rotatable bonds is 5. The van der Waals surface area contributed by atoms with Crippen LogP contribution in [0.3, 0.4) is 0 Å². The van der Waals surface area contributed by atoms with E-state index in [1.807, 2.05) is 0 Å². The predicted molar refractivity (Wildman–Crippen MR) is 108 cm³/mol. The van der Waals surface area contributed by atoms with Crippen molar-refractivity contribution in [3.8, 4) is 5.75 Å². The highest BCUT2D eigenvalue weighted by Gasteiger charge is 2.33. The van der Waals surface area contributed by atoms with E-state index in [2.05, 4.69) is 10.6 Å². The van der Waals surface area contributed by atoms with Gasteiger partial charge in [0.05, 0.1) is 16.2 Å². The van der Waals surface area contributed by atoms with Crippen LogP contribution in [0, 0.1) is 0 Å². The van der Waals surface area contributed by atoms with Crippen LogP contribution in [-0.4, -0.2) is 22.7 Å². The number of thioether (sulfide) groups is 1. The summed E-state index contributed by atoms with van der Waals surface area (Å²) in [7, 11) is 0. The third-order valence-corrected chi connectivity index (χ3v) is 4.86. The topological polar surface area (TPSA) is 67.4 Å². The molecule has 2 N–H and O–H groups in total. The minimum atomic E-state index is -4.58. The number of anilines is 1. The van der Waals surface area contributed by atoms with Gasteiger partial charge in [-0.25, -0.2) is 0 Å². The fourth-order valence-electron chi connectivity index (χ4n) is 2.41. The SMILES string of the molecule is O=C(COc1ccc(/C=C2\SC(=S)NC2=O)cc1)Nc1ccccc1C(F)(F)F. The molecule has 2 aromatic rings. The molecule has 1 fully saturated rings. The van der Waals surface area contributed by atoms with Crippen molar-refractivity contribution >= 4 is 51.9 Å². The first-order valence-corrected chi connectivity index (χ1v) is 9.38. The normalized spacial score (nSPS) is 15.3. The number of hydrogen-bond acceptors (Lipinski definition) is 5. The molecule has 2 amide bonds. The zero-order valence-corrected chi connectivity index (χ0v) is 16.2. The van der Waals surface area contributed by atoms with Crippen molar-refractivity contribution in [3.05, 3.63) is 64.6 Å². The van der Waals surface area contributed by atoms with E-state index in [0.717, 1.165) is 23.4 Å². The average molecular weight is 438 g/mol. The van der Waals surface area contributed by atoms with E-state index in [1.165, 1.54) is 18.2 Å². The molecule has 5 nitrogen and oxygen atoms in total. The van der Waals surface area contributed by atoms with Gasteiger partial charge in [-0.2, -0.15) is 13.2 Å².